The van der Waals surface area contributed by atoms with Crippen molar-refractivity contribution in [3.63, 3.8) is 0 Å². The summed E-state index contributed by atoms with van der Waals surface area (Å²) in [5.74, 6) is -1.97. The van der Waals surface area contributed by atoms with Crippen molar-refractivity contribution in [2.75, 3.05) is 19.7 Å². The third-order valence-electron chi connectivity index (χ3n) is 4.92. The summed E-state index contributed by atoms with van der Waals surface area (Å²) in [6, 6.07) is 16.0. The molecule has 2 aromatic carbocycles. The van der Waals surface area contributed by atoms with Crippen LogP contribution in [-0.2, 0) is 20.7 Å². The third kappa shape index (κ3) is 8.23. The van der Waals surface area contributed by atoms with Crippen LogP contribution in [0.15, 0.2) is 54.6 Å². The lowest BCUT2D eigenvalue weighted by Crippen LogP contribution is -2.52. The first kappa shape index (κ1) is 25.9. The molecule has 0 bridgehead atoms. The summed E-state index contributed by atoms with van der Waals surface area (Å²) in [6.45, 7) is 5.40. The smallest absolute Gasteiger partial charge is 0.334 e. The molecule has 3 N–H and O–H groups in total. The number of aliphatic carboxylic acids is 1. The fraction of sp³-hybridized carbons (Fsp3) is 0.400. The molecule has 2 amide bonds. The molecule has 0 aliphatic rings. The molecule has 8 nitrogen and oxygen atoms in total. The SMILES string of the molecule is CCOC(=O)C(Cc1ccc(-c2ccccc2)cc1)NC(=O)N(CC(C)C)CC(O)C(=O)O. The Morgan fingerprint density at radius 3 is 2.12 bits per heavy atom. The summed E-state index contributed by atoms with van der Waals surface area (Å²) in [7, 11) is 0. The lowest BCUT2D eigenvalue weighted by atomic mass is 10.0. The van der Waals surface area contributed by atoms with Crippen molar-refractivity contribution in [1.82, 2.24) is 10.2 Å². The number of aliphatic hydroxyl groups is 1. The highest BCUT2D eigenvalue weighted by atomic mass is 16.5. The molecule has 0 saturated heterocycles. The molecule has 0 heterocycles. The molecule has 0 fully saturated rings. The number of esters is 1. The van der Waals surface area contributed by atoms with E-state index in [2.05, 4.69) is 5.32 Å². The summed E-state index contributed by atoms with van der Waals surface area (Å²) in [5, 5.41) is 21.4. The van der Waals surface area contributed by atoms with Crippen molar-refractivity contribution in [3.8, 4) is 11.1 Å². The van der Waals surface area contributed by atoms with Gasteiger partial charge in [-0.1, -0.05) is 68.4 Å². The molecule has 2 unspecified atom stereocenters. The van der Waals surface area contributed by atoms with E-state index in [1.54, 1.807) is 6.92 Å². The first-order chi connectivity index (χ1) is 15.7. The molecule has 0 radical (unpaired) electrons. The predicted octanol–water partition coefficient (Wildman–Crippen LogP) is 2.94. The van der Waals surface area contributed by atoms with Gasteiger partial charge < -0.3 is 25.2 Å². The van der Waals surface area contributed by atoms with Gasteiger partial charge in [0.2, 0.25) is 0 Å². The summed E-state index contributed by atoms with van der Waals surface area (Å²) in [5.41, 5.74) is 2.93. The van der Waals surface area contributed by atoms with Gasteiger partial charge in [-0.05, 0) is 29.5 Å². The van der Waals surface area contributed by atoms with Gasteiger partial charge in [-0.3, -0.25) is 0 Å². The van der Waals surface area contributed by atoms with Crippen LogP contribution in [0.25, 0.3) is 11.1 Å². The van der Waals surface area contributed by atoms with Gasteiger partial charge in [0.15, 0.2) is 6.10 Å². The number of aliphatic hydroxyl groups excluding tert-OH is 1. The number of carbonyl (C=O) groups excluding carboxylic acids is 2. The number of rotatable bonds is 11. The molecular weight excluding hydrogens is 424 g/mol. The number of ether oxygens (including phenoxy) is 1. The predicted molar refractivity (Wildman–Crippen MR) is 125 cm³/mol. The van der Waals surface area contributed by atoms with Crippen molar-refractivity contribution >= 4 is 18.0 Å². The van der Waals surface area contributed by atoms with Gasteiger partial charge in [0, 0.05) is 13.0 Å². The Labute approximate surface area is 194 Å². The Hall–Kier alpha value is -3.39. The summed E-state index contributed by atoms with van der Waals surface area (Å²) >= 11 is 0. The van der Waals surface area contributed by atoms with Gasteiger partial charge in [0.05, 0.1) is 13.2 Å². The number of benzene rings is 2. The van der Waals surface area contributed by atoms with Gasteiger partial charge in [-0.25, -0.2) is 14.4 Å². The molecule has 2 aromatic rings. The quantitative estimate of drug-likeness (QED) is 0.448. The fourth-order valence-corrected chi connectivity index (χ4v) is 3.34. The Kier molecular flexibility index (Phi) is 9.87. The molecule has 2 atom stereocenters. The number of hydrogen-bond donors (Lipinski definition) is 3. The van der Waals surface area contributed by atoms with Crippen LogP contribution in [0, 0.1) is 5.92 Å². The van der Waals surface area contributed by atoms with E-state index in [1.807, 2.05) is 68.4 Å². The third-order valence-corrected chi connectivity index (χ3v) is 4.92. The van der Waals surface area contributed by atoms with Gasteiger partial charge in [-0.2, -0.15) is 0 Å². The Balaban J connectivity index is 2.16. The molecule has 8 heteroatoms. The van der Waals surface area contributed by atoms with Gasteiger partial charge in [0.25, 0.3) is 0 Å². The van der Waals surface area contributed by atoms with Crippen LogP contribution < -0.4 is 5.32 Å². The second kappa shape index (κ2) is 12.6. The van der Waals surface area contributed by atoms with Gasteiger partial charge in [-0.15, -0.1) is 0 Å². The number of amides is 2. The average Bonchev–Trinajstić information content (AvgIpc) is 2.79. The number of urea groups is 1. The molecule has 33 heavy (non-hydrogen) atoms. The van der Waals surface area contributed by atoms with E-state index in [0.717, 1.165) is 16.7 Å². The van der Waals surface area contributed by atoms with E-state index in [4.69, 9.17) is 9.84 Å². The monoisotopic (exact) mass is 456 g/mol. The standard InChI is InChI=1S/C25H32N2O6/c1-4-33-24(31)21(26-25(32)27(15-17(2)3)16-22(28)23(29)30)14-18-10-12-20(13-11-18)19-8-6-5-7-9-19/h5-13,17,21-22,28H,4,14-16H2,1-3H3,(H,26,32)(H,29,30). The Bertz CT molecular complexity index is 914. The van der Waals surface area contributed by atoms with Crippen molar-refractivity contribution in [1.29, 1.82) is 0 Å². The molecule has 2 rings (SSSR count). The summed E-state index contributed by atoms with van der Waals surface area (Å²) in [4.78, 5) is 37.7. The van der Waals surface area contributed by atoms with E-state index in [0.29, 0.717) is 0 Å². The lowest BCUT2D eigenvalue weighted by Gasteiger charge is -2.28. The van der Waals surface area contributed by atoms with Crippen LogP contribution in [0.5, 0.6) is 0 Å². The topological polar surface area (TPSA) is 116 Å². The molecule has 0 aliphatic carbocycles. The van der Waals surface area contributed by atoms with E-state index in [9.17, 15) is 19.5 Å². The first-order valence-corrected chi connectivity index (χ1v) is 11.0. The van der Waals surface area contributed by atoms with Crippen LogP contribution in [0.1, 0.15) is 26.3 Å². The number of carbonyl (C=O) groups is 3. The van der Waals surface area contributed by atoms with E-state index >= 15 is 0 Å². The van der Waals surface area contributed by atoms with E-state index < -0.39 is 30.1 Å². The maximum Gasteiger partial charge on any atom is 0.334 e. The van der Waals surface area contributed by atoms with Gasteiger partial charge >= 0.3 is 18.0 Å². The summed E-state index contributed by atoms with van der Waals surface area (Å²) in [6.07, 6.45) is -1.52. The molecular formula is C25H32N2O6. The maximum atomic E-state index is 12.9. The van der Waals surface area contributed by atoms with E-state index in [-0.39, 0.29) is 32.0 Å². The van der Waals surface area contributed by atoms with Crippen molar-refractivity contribution in [2.24, 2.45) is 5.92 Å². The van der Waals surface area contributed by atoms with Crippen molar-refractivity contribution in [2.45, 2.75) is 39.3 Å². The maximum absolute atomic E-state index is 12.9. The van der Waals surface area contributed by atoms with Crippen LogP contribution >= 0.6 is 0 Å². The Morgan fingerprint density at radius 1 is 0.970 bits per heavy atom. The highest BCUT2D eigenvalue weighted by Crippen LogP contribution is 2.20. The molecule has 0 aromatic heterocycles. The second-order valence-electron chi connectivity index (χ2n) is 8.17. The number of carboxylic acids is 1. The van der Waals surface area contributed by atoms with E-state index in [1.165, 1.54) is 4.90 Å². The van der Waals surface area contributed by atoms with Crippen molar-refractivity contribution in [3.05, 3.63) is 60.2 Å². The minimum atomic E-state index is -1.72. The number of nitrogens with one attached hydrogen (secondary N) is 1. The average molecular weight is 457 g/mol. The molecule has 0 aliphatic heterocycles. The van der Waals surface area contributed by atoms with Crippen LogP contribution in [0.3, 0.4) is 0 Å². The zero-order chi connectivity index (χ0) is 24.4. The zero-order valence-electron chi connectivity index (χ0n) is 19.2. The number of hydrogen-bond acceptors (Lipinski definition) is 5. The fourth-order valence-electron chi connectivity index (χ4n) is 3.34. The lowest BCUT2D eigenvalue weighted by molar-refractivity contribution is -0.148. The second-order valence-corrected chi connectivity index (χ2v) is 8.17. The summed E-state index contributed by atoms with van der Waals surface area (Å²) < 4.78 is 5.13. The van der Waals surface area contributed by atoms with Crippen LogP contribution in [-0.4, -0.2) is 64.9 Å². The first-order valence-electron chi connectivity index (χ1n) is 11.0. The van der Waals surface area contributed by atoms with Crippen LogP contribution in [0.2, 0.25) is 0 Å². The van der Waals surface area contributed by atoms with Crippen LogP contribution in [0.4, 0.5) is 4.79 Å². The largest absolute Gasteiger partial charge is 0.479 e. The number of nitrogens with zero attached hydrogens (tertiary/aromatic N) is 1. The highest BCUT2D eigenvalue weighted by Gasteiger charge is 2.28. The highest BCUT2D eigenvalue weighted by molar-refractivity contribution is 5.84. The number of carboxylic acid groups (broad SMARTS) is 1. The Morgan fingerprint density at radius 2 is 1.58 bits per heavy atom. The minimum absolute atomic E-state index is 0.0309. The minimum Gasteiger partial charge on any atom is -0.479 e. The molecule has 178 valence electrons. The normalized spacial score (nSPS) is 12.6. The molecule has 0 spiro atoms. The zero-order valence-corrected chi connectivity index (χ0v) is 19.2. The van der Waals surface area contributed by atoms with Crippen molar-refractivity contribution < 1.29 is 29.3 Å². The van der Waals surface area contributed by atoms with Gasteiger partial charge in [0.1, 0.15) is 6.04 Å². The molecule has 0 saturated carbocycles.